The van der Waals surface area contributed by atoms with Crippen LogP contribution < -0.4 is 10.7 Å². The molecule has 1 aliphatic carbocycles. The normalized spacial score (nSPS) is 14.4. The van der Waals surface area contributed by atoms with Gasteiger partial charge in [0.25, 0.3) is 5.91 Å². The lowest BCUT2D eigenvalue weighted by Gasteiger charge is -2.14. The van der Waals surface area contributed by atoms with Gasteiger partial charge >= 0.3 is 6.18 Å². The Morgan fingerprint density at radius 2 is 1.59 bits per heavy atom. The lowest BCUT2D eigenvalue weighted by atomic mass is 9.93. The molecule has 10 heteroatoms. The van der Waals surface area contributed by atoms with E-state index in [4.69, 9.17) is 4.42 Å². The molecule has 0 atom stereocenters. The standard InChI is InChI=1S/C29H24F3N5O2/c1-18-26-24(37-36-23-10-5-7-19(17-23)29(30,31)32)11-6-12-25(26)39-27(18)28(38)33-20-13-15-22(16-14-20)35-34-21-8-3-2-4-9-21/h2-5,7-10,13-17,36H,6,11-12H2,1H3,(H,33,38)/b35-34?,37-24+. The van der Waals surface area contributed by atoms with Gasteiger partial charge in [-0.05, 0) is 74.4 Å². The summed E-state index contributed by atoms with van der Waals surface area (Å²) in [6, 6.07) is 21.1. The number of aryl methyl sites for hydroxylation is 1. The van der Waals surface area contributed by atoms with E-state index in [1.165, 1.54) is 12.1 Å². The van der Waals surface area contributed by atoms with Gasteiger partial charge in [-0.15, -0.1) is 0 Å². The number of fused-ring (bicyclic) bond motifs is 1. The number of furan rings is 1. The smallest absolute Gasteiger partial charge is 0.416 e. The Kier molecular flexibility index (Phi) is 7.27. The van der Waals surface area contributed by atoms with E-state index < -0.39 is 17.6 Å². The Morgan fingerprint density at radius 3 is 2.31 bits per heavy atom. The van der Waals surface area contributed by atoms with Crippen LogP contribution in [-0.2, 0) is 12.6 Å². The van der Waals surface area contributed by atoms with Gasteiger partial charge in [0.2, 0.25) is 0 Å². The minimum atomic E-state index is -4.45. The Bertz CT molecular complexity index is 1540. The topological polar surface area (TPSA) is 91.4 Å². The van der Waals surface area contributed by atoms with Crippen LogP contribution in [0.25, 0.3) is 0 Å². The molecule has 0 radical (unpaired) electrons. The van der Waals surface area contributed by atoms with Crippen LogP contribution in [0, 0.1) is 6.92 Å². The number of hydrogen-bond donors (Lipinski definition) is 2. The van der Waals surface area contributed by atoms with Crippen molar-refractivity contribution < 1.29 is 22.4 Å². The van der Waals surface area contributed by atoms with Gasteiger partial charge in [-0.3, -0.25) is 10.2 Å². The van der Waals surface area contributed by atoms with Gasteiger partial charge < -0.3 is 9.73 Å². The number of nitrogens with zero attached hydrogens (tertiary/aromatic N) is 3. The summed E-state index contributed by atoms with van der Waals surface area (Å²) < 4.78 is 45.1. The molecule has 0 saturated heterocycles. The van der Waals surface area contributed by atoms with Crippen LogP contribution in [0.2, 0.25) is 0 Å². The first-order chi connectivity index (χ1) is 18.8. The molecule has 1 aliphatic rings. The number of anilines is 2. The maximum atomic E-state index is 13.1. The lowest BCUT2D eigenvalue weighted by molar-refractivity contribution is -0.137. The van der Waals surface area contributed by atoms with E-state index >= 15 is 0 Å². The number of nitrogens with one attached hydrogen (secondary N) is 2. The summed E-state index contributed by atoms with van der Waals surface area (Å²) >= 11 is 0. The summed E-state index contributed by atoms with van der Waals surface area (Å²) in [5, 5.41) is 15.6. The minimum Gasteiger partial charge on any atom is -0.455 e. The van der Waals surface area contributed by atoms with Crippen molar-refractivity contribution in [2.24, 2.45) is 15.3 Å². The molecule has 2 N–H and O–H groups in total. The molecule has 0 fully saturated rings. The maximum Gasteiger partial charge on any atom is 0.416 e. The summed E-state index contributed by atoms with van der Waals surface area (Å²) in [6.07, 6.45) is -2.48. The van der Waals surface area contributed by atoms with E-state index in [-0.39, 0.29) is 11.4 Å². The SMILES string of the molecule is Cc1c(C(=O)Nc2ccc(N=Nc3ccccc3)cc2)oc2c1/C(=N/Nc1cccc(C(F)(F)F)c1)CCC2. The number of carbonyl (C=O) groups excluding carboxylic acids is 1. The van der Waals surface area contributed by atoms with Crippen LogP contribution >= 0.6 is 0 Å². The van der Waals surface area contributed by atoms with Crippen LogP contribution in [0.4, 0.5) is 35.9 Å². The molecular weight excluding hydrogens is 507 g/mol. The summed E-state index contributed by atoms with van der Waals surface area (Å²) in [4.78, 5) is 13.1. The summed E-state index contributed by atoms with van der Waals surface area (Å²) in [5.41, 5.74) is 6.08. The Hall–Kier alpha value is -4.73. The average Bonchev–Trinajstić information content (AvgIpc) is 3.29. The van der Waals surface area contributed by atoms with Gasteiger partial charge in [0.15, 0.2) is 5.76 Å². The molecule has 5 rings (SSSR count). The number of azo groups is 1. The largest absolute Gasteiger partial charge is 0.455 e. The van der Waals surface area contributed by atoms with Gasteiger partial charge in [0, 0.05) is 23.2 Å². The molecule has 0 spiro atoms. The number of benzene rings is 3. The van der Waals surface area contributed by atoms with Gasteiger partial charge in [0.1, 0.15) is 5.76 Å². The zero-order valence-corrected chi connectivity index (χ0v) is 20.9. The third-order valence-corrected chi connectivity index (χ3v) is 6.20. The van der Waals surface area contributed by atoms with Crippen LogP contribution in [0.3, 0.4) is 0 Å². The molecule has 1 heterocycles. The number of rotatable bonds is 6. The molecular formula is C29H24F3N5O2. The number of carbonyl (C=O) groups is 1. The second kappa shape index (κ2) is 10.9. The molecule has 4 aromatic rings. The third kappa shape index (κ3) is 6.06. The number of halogens is 3. The first kappa shape index (κ1) is 25.9. The van der Waals surface area contributed by atoms with Gasteiger partial charge in [-0.25, -0.2) is 0 Å². The maximum absolute atomic E-state index is 13.1. The van der Waals surface area contributed by atoms with Gasteiger partial charge in [0.05, 0.1) is 28.3 Å². The van der Waals surface area contributed by atoms with Crippen LogP contribution in [0.5, 0.6) is 0 Å². The van der Waals surface area contributed by atoms with Crippen molar-refractivity contribution in [2.75, 3.05) is 10.7 Å². The lowest BCUT2D eigenvalue weighted by Crippen LogP contribution is -2.14. The van der Waals surface area contributed by atoms with E-state index in [2.05, 4.69) is 26.1 Å². The Morgan fingerprint density at radius 1 is 0.872 bits per heavy atom. The molecule has 39 heavy (non-hydrogen) atoms. The van der Waals surface area contributed by atoms with E-state index in [1.807, 2.05) is 30.3 Å². The Balaban J connectivity index is 1.30. The van der Waals surface area contributed by atoms with E-state index in [1.54, 1.807) is 31.2 Å². The van der Waals surface area contributed by atoms with Crippen molar-refractivity contribution in [1.82, 2.24) is 0 Å². The molecule has 7 nitrogen and oxygen atoms in total. The van der Waals surface area contributed by atoms with Crippen molar-refractivity contribution in [3.05, 3.63) is 107 Å². The predicted octanol–water partition coefficient (Wildman–Crippen LogP) is 8.43. The molecule has 198 valence electrons. The van der Waals surface area contributed by atoms with Crippen molar-refractivity contribution in [1.29, 1.82) is 0 Å². The highest BCUT2D eigenvalue weighted by Gasteiger charge is 2.31. The predicted molar refractivity (Wildman–Crippen MR) is 143 cm³/mol. The highest BCUT2D eigenvalue weighted by atomic mass is 19.4. The third-order valence-electron chi connectivity index (χ3n) is 6.20. The molecule has 0 bridgehead atoms. The van der Waals surface area contributed by atoms with E-state index in [9.17, 15) is 18.0 Å². The van der Waals surface area contributed by atoms with Crippen molar-refractivity contribution in [3.8, 4) is 0 Å². The number of alkyl halides is 3. The minimum absolute atomic E-state index is 0.168. The second-order valence-electron chi connectivity index (χ2n) is 8.99. The Labute approximate surface area is 222 Å². The number of hydrogen-bond acceptors (Lipinski definition) is 6. The van der Waals surface area contributed by atoms with Gasteiger partial charge in [-0.2, -0.15) is 28.5 Å². The second-order valence-corrected chi connectivity index (χ2v) is 8.99. The first-order valence-electron chi connectivity index (χ1n) is 12.3. The van der Waals surface area contributed by atoms with Crippen molar-refractivity contribution in [3.63, 3.8) is 0 Å². The molecule has 0 saturated carbocycles. The fraction of sp³-hybridized carbons (Fsp3) is 0.172. The highest BCUT2D eigenvalue weighted by Crippen LogP contribution is 2.32. The van der Waals surface area contributed by atoms with Crippen LogP contribution in [-0.4, -0.2) is 11.6 Å². The van der Waals surface area contributed by atoms with Crippen LogP contribution in [0.1, 0.15) is 45.8 Å². The van der Waals surface area contributed by atoms with Crippen molar-refractivity contribution >= 4 is 34.4 Å². The number of amides is 1. The summed E-state index contributed by atoms with van der Waals surface area (Å²) in [5.74, 6) is 0.387. The van der Waals surface area contributed by atoms with Gasteiger partial charge in [-0.1, -0.05) is 24.3 Å². The molecule has 0 aliphatic heterocycles. The average molecular weight is 532 g/mol. The summed E-state index contributed by atoms with van der Waals surface area (Å²) in [7, 11) is 0. The molecule has 1 amide bonds. The van der Waals surface area contributed by atoms with E-state index in [0.717, 1.165) is 24.2 Å². The summed E-state index contributed by atoms with van der Waals surface area (Å²) in [6.45, 7) is 1.77. The zero-order chi connectivity index (χ0) is 27.4. The first-order valence-corrected chi connectivity index (χ1v) is 12.3. The quantitative estimate of drug-likeness (QED) is 0.193. The monoisotopic (exact) mass is 531 g/mol. The highest BCUT2D eigenvalue weighted by molar-refractivity contribution is 6.09. The molecule has 3 aromatic carbocycles. The fourth-order valence-electron chi connectivity index (χ4n) is 4.30. The van der Waals surface area contributed by atoms with E-state index in [0.29, 0.717) is 46.8 Å². The molecule has 1 aromatic heterocycles. The molecule has 0 unspecified atom stereocenters. The fourth-order valence-corrected chi connectivity index (χ4v) is 4.30. The number of hydrazone groups is 1. The zero-order valence-electron chi connectivity index (χ0n) is 20.9. The van der Waals surface area contributed by atoms with Crippen LogP contribution in [0.15, 0.2) is 98.6 Å². The van der Waals surface area contributed by atoms with Crippen molar-refractivity contribution in [2.45, 2.75) is 32.4 Å².